The maximum atomic E-state index is 13.3. The molecule has 3 amide bonds. The molecule has 0 N–H and O–H groups in total. The van der Waals surface area contributed by atoms with E-state index in [1.165, 1.54) is 29.2 Å². The van der Waals surface area contributed by atoms with Gasteiger partial charge in [-0.3, -0.25) is 24.5 Å². The van der Waals surface area contributed by atoms with E-state index in [1.54, 1.807) is 31.2 Å². The number of anilines is 1. The summed E-state index contributed by atoms with van der Waals surface area (Å²) in [7, 11) is 0. The zero-order chi connectivity index (χ0) is 23.4. The summed E-state index contributed by atoms with van der Waals surface area (Å²) in [5.74, 6) is -0.820. The summed E-state index contributed by atoms with van der Waals surface area (Å²) in [6.45, 7) is 6.00. The maximum Gasteiger partial charge on any atom is 0.270 e. The van der Waals surface area contributed by atoms with Crippen LogP contribution in [0.5, 0.6) is 5.75 Å². The number of non-ortho nitro benzene ring substituents is 1. The summed E-state index contributed by atoms with van der Waals surface area (Å²) in [6, 6.07) is 10.6. The van der Waals surface area contributed by atoms with Gasteiger partial charge in [-0.25, -0.2) is 4.90 Å². The smallest absolute Gasteiger partial charge is 0.270 e. The number of rotatable bonds is 8. The number of benzene rings is 2. The molecule has 0 bridgehead atoms. The van der Waals surface area contributed by atoms with Crippen molar-refractivity contribution in [3.8, 4) is 5.75 Å². The number of carbonyl (C=O) groups excluding carboxylic acids is 3. The van der Waals surface area contributed by atoms with Gasteiger partial charge in [0.25, 0.3) is 17.5 Å². The highest BCUT2D eigenvalue weighted by Crippen LogP contribution is 2.30. The normalized spacial score (nSPS) is 16.7. The van der Waals surface area contributed by atoms with Crippen LogP contribution < -0.4 is 9.64 Å². The molecule has 1 aliphatic heterocycles. The quantitative estimate of drug-likeness (QED) is 0.353. The van der Waals surface area contributed by atoms with Crippen LogP contribution in [0.4, 0.5) is 11.4 Å². The molecule has 168 valence electrons. The van der Waals surface area contributed by atoms with Gasteiger partial charge in [-0.15, -0.1) is 0 Å². The van der Waals surface area contributed by atoms with Crippen molar-refractivity contribution in [3.05, 3.63) is 64.2 Å². The maximum absolute atomic E-state index is 13.3. The molecule has 2 atom stereocenters. The number of hydrogen-bond acceptors (Lipinski definition) is 6. The molecule has 0 saturated carbocycles. The molecule has 0 aliphatic carbocycles. The molecule has 1 saturated heterocycles. The summed E-state index contributed by atoms with van der Waals surface area (Å²) in [5, 5.41) is 11.1. The highest BCUT2D eigenvalue weighted by Gasteiger charge is 2.45. The van der Waals surface area contributed by atoms with Crippen molar-refractivity contribution in [1.82, 2.24) is 4.90 Å². The lowest BCUT2D eigenvalue weighted by atomic mass is 10.1. The molecule has 2 aromatic rings. The highest BCUT2D eigenvalue weighted by atomic mass is 16.6. The Labute approximate surface area is 185 Å². The van der Waals surface area contributed by atoms with Crippen molar-refractivity contribution in [2.75, 3.05) is 11.5 Å². The fourth-order valence-corrected chi connectivity index (χ4v) is 3.71. The minimum absolute atomic E-state index is 0.0965. The molecule has 1 fully saturated rings. The molecule has 0 radical (unpaired) electrons. The predicted octanol–water partition coefficient (Wildman–Crippen LogP) is 3.57. The number of nitro benzene ring substituents is 1. The lowest BCUT2D eigenvalue weighted by Gasteiger charge is -2.33. The van der Waals surface area contributed by atoms with Gasteiger partial charge in [-0.1, -0.05) is 13.0 Å². The van der Waals surface area contributed by atoms with Gasteiger partial charge in [0.05, 0.1) is 23.6 Å². The molecule has 9 nitrogen and oxygen atoms in total. The Morgan fingerprint density at radius 2 is 1.91 bits per heavy atom. The van der Waals surface area contributed by atoms with Gasteiger partial charge in [0.2, 0.25) is 5.91 Å². The first-order chi connectivity index (χ1) is 15.3. The van der Waals surface area contributed by atoms with Gasteiger partial charge in [-0.05, 0) is 50.6 Å². The third kappa shape index (κ3) is 4.46. The molecular formula is C23H25N3O6. The van der Waals surface area contributed by atoms with Gasteiger partial charge in [0.1, 0.15) is 11.8 Å². The first kappa shape index (κ1) is 22.9. The number of hydrogen-bond donors (Lipinski definition) is 0. The number of amides is 3. The Morgan fingerprint density at radius 1 is 1.22 bits per heavy atom. The zero-order valence-electron chi connectivity index (χ0n) is 18.2. The topological polar surface area (TPSA) is 110 Å². The first-order valence-electron chi connectivity index (χ1n) is 10.4. The third-order valence-electron chi connectivity index (χ3n) is 5.47. The third-order valence-corrected chi connectivity index (χ3v) is 5.47. The van der Waals surface area contributed by atoms with E-state index in [0.717, 1.165) is 4.90 Å². The molecule has 9 heteroatoms. The van der Waals surface area contributed by atoms with E-state index in [9.17, 15) is 24.5 Å². The Kier molecular flexibility index (Phi) is 6.87. The lowest BCUT2D eigenvalue weighted by molar-refractivity contribution is -0.384. The van der Waals surface area contributed by atoms with Crippen LogP contribution in [0.3, 0.4) is 0 Å². The van der Waals surface area contributed by atoms with Crippen molar-refractivity contribution in [2.45, 2.75) is 45.7 Å². The van der Waals surface area contributed by atoms with Gasteiger partial charge >= 0.3 is 0 Å². The molecule has 0 aromatic heterocycles. The highest BCUT2D eigenvalue weighted by molar-refractivity contribution is 6.23. The van der Waals surface area contributed by atoms with Crippen LogP contribution in [0, 0.1) is 10.1 Å². The van der Waals surface area contributed by atoms with E-state index in [4.69, 9.17) is 4.74 Å². The van der Waals surface area contributed by atoms with Crippen LogP contribution >= 0.6 is 0 Å². The molecule has 0 spiro atoms. The average molecular weight is 439 g/mol. The number of nitrogens with zero attached hydrogens (tertiary/aromatic N) is 3. The second-order valence-electron chi connectivity index (χ2n) is 7.49. The Bertz CT molecular complexity index is 1040. The van der Waals surface area contributed by atoms with Gasteiger partial charge in [-0.2, -0.15) is 0 Å². The van der Waals surface area contributed by atoms with Gasteiger partial charge in [0.15, 0.2) is 0 Å². The van der Waals surface area contributed by atoms with Crippen molar-refractivity contribution >= 4 is 29.1 Å². The van der Waals surface area contributed by atoms with E-state index in [-0.39, 0.29) is 23.7 Å². The Hall–Kier alpha value is -3.75. The van der Waals surface area contributed by atoms with Crippen molar-refractivity contribution < 1.29 is 24.0 Å². The van der Waals surface area contributed by atoms with Crippen LogP contribution in [-0.4, -0.2) is 46.2 Å². The van der Waals surface area contributed by atoms with E-state index >= 15 is 0 Å². The number of imide groups is 1. The van der Waals surface area contributed by atoms with Gasteiger partial charge < -0.3 is 9.64 Å². The van der Waals surface area contributed by atoms with Crippen LogP contribution in [-0.2, 0) is 9.59 Å². The summed E-state index contributed by atoms with van der Waals surface area (Å²) in [6.07, 6.45) is 0.388. The minimum Gasteiger partial charge on any atom is -0.494 e. The minimum atomic E-state index is -0.990. The molecular weight excluding hydrogens is 414 g/mol. The molecule has 1 aliphatic rings. The average Bonchev–Trinajstić information content (AvgIpc) is 3.08. The second kappa shape index (κ2) is 9.59. The molecule has 2 unspecified atom stereocenters. The van der Waals surface area contributed by atoms with E-state index < -0.39 is 28.7 Å². The SMILES string of the molecule is CCOc1ccc(N2C(=O)CC(N(C(=O)c3cccc([N+](=O)[O-])c3)C(C)CC)C2=O)cc1. The number of carbonyl (C=O) groups is 3. The lowest BCUT2D eigenvalue weighted by Crippen LogP contribution is -2.49. The second-order valence-corrected chi connectivity index (χ2v) is 7.49. The Morgan fingerprint density at radius 3 is 2.50 bits per heavy atom. The van der Waals surface area contributed by atoms with E-state index in [1.807, 2.05) is 13.8 Å². The molecule has 3 rings (SSSR count). The number of ether oxygens (including phenoxy) is 1. The van der Waals surface area contributed by atoms with Crippen LogP contribution in [0.15, 0.2) is 48.5 Å². The fourth-order valence-electron chi connectivity index (χ4n) is 3.71. The van der Waals surface area contributed by atoms with Crippen LogP contribution in [0.25, 0.3) is 0 Å². The van der Waals surface area contributed by atoms with Crippen molar-refractivity contribution in [1.29, 1.82) is 0 Å². The monoisotopic (exact) mass is 439 g/mol. The van der Waals surface area contributed by atoms with Crippen molar-refractivity contribution in [2.24, 2.45) is 0 Å². The summed E-state index contributed by atoms with van der Waals surface area (Å²) in [4.78, 5) is 52.4. The summed E-state index contributed by atoms with van der Waals surface area (Å²) < 4.78 is 5.40. The van der Waals surface area contributed by atoms with Gasteiger partial charge in [0, 0.05) is 23.7 Å². The standard InChI is InChI=1S/C23H25N3O6/c1-4-15(3)24(22(28)16-7-6-8-18(13-16)26(30)31)20-14-21(27)25(23(20)29)17-9-11-19(12-10-17)32-5-2/h6-13,15,20H,4-5,14H2,1-3H3. The Balaban J connectivity index is 1.92. The molecule has 32 heavy (non-hydrogen) atoms. The number of nitro groups is 1. The summed E-state index contributed by atoms with van der Waals surface area (Å²) >= 11 is 0. The fraction of sp³-hybridized carbons (Fsp3) is 0.348. The van der Waals surface area contributed by atoms with E-state index in [0.29, 0.717) is 24.5 Å². The van der Waals surface area contributed by atoms with E-state index in [2.05, 4.69) is 0 Å². The summed E-state index contributed by atoms with van der Waals surface area (Å²) in [5.41, 5.74) is 0.280. The van der Waals surface area contributed by atoms with Crippen LogP contribution in [0.2, 0.25) is 0 Å². The van der Waals surface area contributed by atoms with Crippen molar-refractivity contribution in [3.63, 3.8) is 0 Å². The van der Waals surface area contributed by atoms with Crippen LogP contribution in [0.1, 0.15) is 44.0 Å². The molecule has 1 heterocycles. The zero-order valence-corrected chi connectivity index (χ0v) is 18.2. The predicted molar refractivity (Wildman–Crippen MR) is 118 cm³/mol. The molecule has 2 aromatic carbocycles. The first-order valence-corrected chi connectivity index (χ1v) is 10.4. The largest absolute Gasteiger partial charge is 0.494 e.